The number of nitrogens with one attached hydrogen (secondary N) is 3. The molecule has 1 heterocycles. The summed E-state index contributed by atoms with van der Waals surface area (Å²) in [4.78, 5) is 36.3. The lowest BCUT2D eigenvalue weighted by molar-refractivity contribution is -0.131. The Hall–Kier alpha value is -3.29. The molecule has 3 N–H and O–H groups in total. The van der Waals surface area contributed by atoms with Crippen LogP contribution < -0.4 is 20.9 Å². The second kappa shape index (κ2) is 9.42. The standard InChI is InChI=1S/C19H23N3O5/c1-12(2)17(20-18(24)15-9-6-10-26-15)19(25)22-21-16(23)11-27-14-8-5-4-7-13(14)3/h4-10,12,17H,11H2,1-3H3,(H,20,24)(H,21,23)(H,22,25)/t17-/m0/s1. The van der Waals surface area contributed by atoms with Crippen molar-refractivity contribution in [2.75, 3.05) is 6.61 Å². The summed E-state index contributed by atoms with van der Waals surface area (Å²) < 4.78 is 10.4. The van der Waals surface area contributed by atoms with Gasteiger partial charge in [-0.3, -0.25) is 25.2 Å². The molecule has 1 aromatic carbocycles. The third-order valence-electron chi connectivity index (χ3n) is 3.76. The number of carbonyl (C=O) groups is 3. The van der Waals surface area contributed by atoms with Crippen LogP contribution in [-0.4, -0.2) is 30.4 Å². The van der Waals surface area contributed by atoms with Crippen molar-refractivity contribution in [1.29, 1.82) is 0 Å². The quantitative estimate of drug-likeness (QED) is 0.638. The maximum Gasteiger partial charge on any atom is 0.287 e. The fraction of sp³-hybridized carbons (Fsp3) is 0.316. The predicted molar refractivity (Wildman–Crippen MR) is 97.8 cm³/mol. The first-order valence-corrected chi connectivity index (χ1v) is 8.50. The van der Waals surface area contributed by atoms with E-state index in [1.165, 1.54) is 12.3 Å². The maximum atomic E-state index is 12.3. The van der Waals surface area contributed by atoms with Crippen LogP contribution in [0.25, 0.3) is 0 Å². The lowest BCUT2D eigenvalue weighted by Gasteiger charge is -2.21. The molecule has 1 atom stereocenters. The zero-order valence-electron chi connectivity index (χ0n) is 15.4. The van der Waals surface area contributed by atoms with Crippen LogP contribution in [0, 0.1) is 12.8 Å². The summed E-state index contributed by atoms with van der Waals surface area (Å²) in [6.07, 6.45) is 1.37. The van der Waals surface area contributed by atoms with Crippen LogP contribution in [0.2, 0.25) is 0 Å². The zero-order valence-corrected chi connectivity index (χ0v) is 15.4. The van der Waals surface area contributed by atoms with Gasteiger partial charge in [0.2, 0.25) is 0 Å². The van der Waals surface area contributed by atoms with E-state index in [4.69, 9.17) is 9.15 Å². The molecule has 27 heavy (non-hydrogen) atoms. The molecule has 2 rings (SSSR count). The Morgan fingerprint density at radius 1 is 1.07 bits per heavy atom. The topological polar surface area (TPSA) is 110 Å². The highest BCUT2D eigenvalue weighted by molar-refractivity contribution is 5.96. The van der Waals surface area contributed by atoms with Crippen LogP contribution in [0.15, 0.2) is 47.1 Å². The van der Waals surface area contributed by atoms with E-state index in [0.29, 0.717) is 5.75 Å². The van der Waals surface area contributed by atoms with E-state index < -0.39 is 23.8 Å². The predicted octanol–water partition coefficient (Wildman–Crippen LogP) is 1.57. The Labute approximate surface area is 157 Å². The van der Waals surface area contributed by atoms with E-state index >= 15 is 0 Å². The minimum absolute atomic E-state index is 0.101. The van der Waals surface area contributed by atoms with Gasteiger partial charge in [0.05, 0.1) is 6.26 Å². The number of carbonyl (C=O) groups excluding carboxylic acids is 3. The zero-order chi connectivity index (χ0) is 19.8. The Kier molecular flexibility index (Phi) is 6.99. The molecule has 8 nitrogen and oxygen atoms in total. The molecule has 0 radical (unpaired) electrons. The van der Waals surface area contributed by atoms with Crippen LogP contribution >= 0.6 is 0 Å². The van der Waals surface area contributed by atoms with Crippen LogP contribution in [0.1, 0.15) is 30.0 Å². The van der Waals surface area contributed by atoms with E-state index in [1.807, 2.05) is 19.1 Å². The van der Waals surface area contributed by atoms with Crippen molar-refractivity contribution >= 4 is 17.7 Å². The van der Waals surface area contributed by atoms with Crippen molar-refractivity contribution in [3.63, 3.8) is 0 Å². The molecule has 0 fully saturated rings. The van der Waals surface area contributed by atoms with Crippen molar-refractivity contribution in [3.05, 3.63) is 54.0 Å². The maximum absolute atomic E-state index is 12.3. The molecule has 3 amide bonds. The minimum Gasteiger partial charge on any atom is -0.483 e. The van der Waals surface area contributed by atoms with Gasteiger partial charge >= 0.3 is 0 Å². The molecule has 0 unspecified atom stereocenters. The first kappa shape index (κ1) is 20.0. The van der Waals surface area contributed by atoms with Crippen LogP contribution in [0.5, 0.6) is 5.75 Å². The van der Waals surface area contributed by atoms with Gasteiger partial charge in [-0.1, -0.05) is 32.0 Å². The van der Waals surface area contributed by atoms with E-state index in [2.05, 4.69) is 16.2 Å². The molecule has 0 aliphatic rings. The Balaban J connectivity index is 1.83. The highest BCUT2D eigenvalue weighted by Crippen LogP contribution is 2.15. The molecule has 8 heteroatoms. The smallest absolute Gasteiger partial charge is 0.287 e. The number of amides is 3. The summed E-state index contributed by atoms with van der Waals surface area (Å²) in [6, 6.07) is 9.51. The lowest BCUT2D eigenvalue weighted by atomic mass is 10.0. The van der Waals surface area contributed by atoms with Gasteiger partial charge in [0.1, 0.15) is 11.8 Å². The largest absolute Gasteiger partial charge is 0.483 e. The summed E-state index contributed by atoms with van der Waals surface area (Å²) in [6.45, 7) is 5.16. The Morgan fingerprint density at radius 2 is 1.81 bits per heavy atom. The number of ether oxygens (including phenoxy) is 1. The Bertz CT molecular complexity index is 786. The number of aryl methyl sites for hydroxylation is 1. The van der Waals surface area contributed by atoms with Gasteiger partial charge in [0.15, 0.2) is 12.4 Å². The lowest BCUT2D eigenvalue weighted by Crippen LogP contribution is -2.54. The van der Waals surface area contributed by atoms with E-state index in [0.717, 1.165) is 5.56 Å². The van der Waals surface area contributed by atoms with Gasteiger partial charge in [-0.2, -0.15) is 0 Å². The number of hydrogen-bond donors (Lipinski definition) is 3. The minimum atomic E-state index is -0.847. The highest BCUT2D eigenvalue weighted by Gasteiger charge is 2.26. The normalized spacial score (nSPS) is 11.6. The summed E-state index contributed by atoms with van der Waals surface area (Å²) in [5.41, 5.74) is 5.48. The summed E-state index contributed by atoms with van der Waals surface area (Å²) >= 11 is 0. The number of benzene rings is 1. The van der Waals surface area contributed by atoms with Crippen LogP contribution in [0.3, 0.4) is 0 Å². The number of para-hydroxylation sites is 1. The van der Waals surface area contributed by atoms with Gasteiger partial charge < -0.3 is 14.5 Å². The van der Waals surface area contributed by atoms with Crippen molar-refractivity contribution in [2.45, 2.75) is 26.8 Å². The number of hydrazine groups is 1. The van der Waals surface area contributed by atoms with Crippen molar-refractivity contribution in [3.8, 4) is 5.75 Å². The molecule has 0 aliphatic heterocycles. The third-order valence-corrected chi connectivity index (χ3v) is 3.76. The second-order valence-corrected chi connectivity index (χ2v) is 6.26. The van der Waals surface area contributed by atoms with Crippen molar-refractivity contribution < 1.29 is 23.5 Å². The molecule has 0 saturated heterocycles. The second-order valence-electron chi connectivity index (χ2n) is 6.26. The van der Waals surface area contributed by atoms with E-state index in [1.54, 1.807) is 32.0 Å². The molecular formula is C19H23N3O5. The first-order valence-electron chi connectivity index (χ1n) is 8.50. The average molecular weight is 373 g/mol. The Morgan fingerprint density at radius 3 is 2.44 bits per heavy atom. The average Bonchev–Trinajstić information content (AvgIpc) is 3.18. The molecule has 0 spiro atoms. The molecular weight excluding hydrogens is 350 g/mol. The summed E-state index contributed by atoms with van der Waals surface area (Å²) in [5, 5.41) is 2.58. The third kappa shape index (κ3) is 5.88. The van der Waals surface area contributed by atoms with Crippen molar-refractivity contribution in [1.82, 2.24) is 16.2 Å². The van der Waals surface area contributed by atoms with E-state index in [9.17, 15) is 14.4 Å². The molecule has 0 saturated carbocycles. The molecule has 2 aromatic rings. The van der Waals surface area contributed by atoms with Gasteiger partial charge in [0, 0.05) is 0 Å². The van der Waals surface area contributed by atoms with Gasteiger partial charge in [-0.05, 0) is 36.6 Å². The van der Waals surface area contributed by atoms with Crippen LogP contribution in [-0.2, 0) is 9.59 Å². The highest BCUT2D eigenvalue weighted by atomic mass is 16.5. The molecule has 1 aromatic heterocycles. The molecule has 0 bridgehead atoms. The fourth-order valence-corrected chi connectivity index (χ4v) is 2.26. The molecule has 0 aliphatic carbocycles. The fourth-order valence-electron chi connectivity index (χ4n) is 2.26. The van der Waals surface area contributed by atoms with Crippen molar-refractivity contribution in [2.24, 2.45) is 5.92 Å². The van der Waals surface area contributed by atoms with E-state index in [-0.39, 0.29) is 18.3 Å². The number of furan rings is 1. The van der Waals surface area contributed by atoms with Gasteiger partial charge in [-0.15, -0.1) is 0 Å². The molecule has 144 valence electrons. The monoisotopic (exact) mass is 373 g/mol. The number of rotatable bonds is 7. The van der Waals surface area contributed by atoms with Gasteiger partial charge in [-0.25, -0.2) is 0 Å². The number of hydrogen-bond acceptors (Lipinski definition) is 5. The van der Waals surface area contributed by atoms with Gasteiger partial charge in [0.25, 0.3) is 17.7 Å². The first-order chi connectivity index (χ1) is 12.9. The summed E-state index contributed by atoms with van der Waals surface area (Å²) in [7, 11) is 0. The SMILES string of the molecule is Cc1ccccc1OCC(=O)NNC(=O)[C@@H](NC(=O)c1ccco1)C(C)C. The summed E-state index contributed by atoms with van der Waals surface area (Å²) in [5.74, 6) is -1.10. The van der Waals surface area contributed by atoms with Crippen LogP contribution in [0.4, 0.5) is 0 Å².